The van der Waals surface area contributed by atoms with Crippen molar-refractivity contribution < 1.29 is 29.3 Å². The summed E-state index contributed by atoms with van der Waals surface area (Å²) in [6, 6.07) is 5.28. The summed E-state index contributed by atoms with van der Waals surface area (Å²) in [4.78, 5) is 23.8. The van der Waals surface area contributed by atoms with Crippen molar-refractivity contribution in [3.05, 3.63) is 47.1 Å². The first-order valence-electron chi connectivity index (χ1n) is 12.9. The monoisotopic (exact) mass is 501 g/mol. The van der Waals surface area contributed by atoms with Gasteiger partial charge in [0.1, 0.15) is 5.75 Å². The molecule has 3 N–H and O–H groups in total. The van der Waals surface area contributed by atoms with E-state index >= 15 is 0 Å². The summed E-state index contributed by atoms with van der Waals surface area (Å²) in [5, 5.41) is 25.0. The maximum Gasteiger partial charge on any atom is 0.298 e. The number of methoxy groups -OCH3 is 1. The van der Waals surface area contributed by atoms with Crippen molar-refractivity contribution in [1.82, 2.24) is 0 Å². The van der Waals surface area contributed by atoms with Crippen LogP contribution in [0.4, 0.5) is 5.69 Å². The summed E-state index contributed by atoms with van der Waals surface area (Å²) in [5.74, 6) is 0.0628. The molecule has 0 fully saturated rings. The lowest BCUT2D eigenvalue weighted by atomic mass is 9.86. The molecule has 0 saturated carbocycles. The summed E-state index contributed by atoms with van der Waals surface area (Å²) >= 11 is 0. The highest BCUT2D eigenvalue weighted by Crippen LogP contribution is 2.28. The Morgan fingerprint density at radius 1 is 1.17 bits per heavy atom. The van der Waals surface area contributed by atoms with Crippen LogP contribution in [0.25, 0.3) is 0 Å². The molecule has 200 valence electrons. The number of carbonyl (C=O) groups is 2. The smallest absolute Gasteiger partial charge is 0.298 e. The number of fused-ring (bicyclic) bond motifs is 2. The summed E-state index contributed by atoms with van der Waals surface area (Å²) < 4.78 is 10.8. The van der Waals surface area contributed by atoms with Gasteiger partial charge in [-0.3, -0.25) is 9.59 Å². The quantitative estimate of drug-likeness (QED) is 0.404. The van der Waals surface area contributed by atoms with Crippen LogP contribution in [0.1, 0.15) is 65.9 Å². The summed E-state index contributed by atoms with van der Waals surface area (Å²) in [6.07, 6.45) is 5.43. The fourth-order valence-corrected chi connectivity index (χ4v) is 4.84. The van der Waals surface area contributed by atoms with Crippen molar-refractivity contribution in [2.45, 2.75) is 85.0 Å². The van der Waals surface area contributed by atoms with Crippen molar-refractivity contribution in [3.8, 4) is 5.75 Å². The Balaban J connectivity index is 2.44. The first-order chi connectivity index (χ1) is 17.1. The standard InChI is InChI=1S/C29H43NO6/c1-7-23-13-21(5)28(33)26(35-6)12-18(2)11-22-14-24(16-25(15-22)36-17-31)30-29(34)20(4)10-8-9-19(3)27(23)32/h10,13-19,21,26-28,32-33H,7-9,11-12H2,1-6H3,(H,30,34)/b20-10+,23-13+. The van der Waals surface area contributed by atoms with Gasteiger partial charge in [-0.1, -0.05) is 39.8 Å². The first-order valence-corrected chi connectivity index (χ1v) is 12.9. The van der Waals surface area contributed by atoms with Crippen molar-refractivity contribution in [2.75, 3.05) is 12.4 Å². The van der Waals surface area contributed by atoms with Gasteiger partial charge < -0.3 is 25.0 Å². The van der Waals surface area contributed by atoms with Gasteiger partial charge in [-0.2, -0.15) is 0 Å². The number of allylic oxidation sites excluding steroid dienone is 1. The second-order valence-corrected chi connectivity index (χ2v) is 10.2. The molecule has 7 nitrogen and oxygen atoms in total. The maximum atomic E-state index is 12.8. The number of nitrogens with one attached hydrogen (secondary N) is 1. The fraction of sp³-hybridized carbons (Fsp3) is 0.586. The number of amides is 1. The van der Waals surface area contributed by atoms with Crippen molar-refractivity contribution in [1.29, 1.82) is 0 Å². The average molecular weight is 502 g/mol. The van der Waals surface area contributed by atoms with Crippen LogP contribution in [0.3, 0.4) is 0 Å². The van der Waals surface area contributed by atoms with Crippen molar-refractivity contribution >= 4 is 18.1 Å². The predicted octanol–water partition coefficient (Wildman–Crippen LogP) is 4.81. The van der Waals surface area contributed by atoms with E-state index in [4.69, 9.17) is 9.47 Å². The Kier molecular flexibility index (Phi) is 11.8. The van der Waals surface area contributed by atoms with Gasteiger partial charge in [0, 0.05) is 30.4 Å². The predicted molar refractivity (Wildman–Crippen MR) is 142 cm³/mol. The fourth-order valence-electron chi connectivity index (χ4n) is 4.84. The van der Waals surface area contributed by atoms with E-state index in [1.807, 2.05) is 39.0 Å². The van der Waals surface area contributed by atoms with E-state index in [1.54, 1.807) is 26.2 Å². The number of benzene rings is 1. The van der Waals surface area contributed by atoms with E-state index < -0.39 is 12.2 Å². The zero-order chi connectivity index (χ0) is 26.8. The summed E-state index contributed by atoms with van der Waals surface area (Å²) in [6.45, 7) is 10.2. The van der Waals surface area contributed by atoms with Crippen LogP contribution in [0.2, 0.25) is 0 Å². The molecular weight excluding hydrogens is 458 g/mol. The van der Waals surface area contributed by atoms with Gasteiger partial charge in [-0.25, -0.2) is 0 Å². The molecule has 1 aromatic rings. The molecular formula is C29H43NO6. The summed E-state index contributed by atoms with van der Waals surface area (Å²) in [5.41, 5.74) is 2.94. The highest BCUT2D eigenvalue weighted by molar-refractivity contribution is 6.03. The van der Waals surface area contributed by atoms with Crippen LogP contribution < -0.4 is 10.1 Å². The van der Waals surface area contributed by atoms with Gasteiger partial charge in [0.05, 0.1) is 18.3 Å². The molecule has 1 aliphatic rings. The third kappa shape index (κ3) is 8.57. The van der Waals surface area contributed by atoms with Gasteiger partial charge in [0.2, 0.25) is 0 Å². The van der Waals surface area contributed by atoms with Gasteiger partial charge >= 0.3 is 0 Å². The van der Waals surface area contributed by atoms with Crippen molar-refractivity contribution in [3.63, 3.8) is 0 Å². The number of aliphatic hydroxyl groups is 2. The van der Waals surface area contributed by atoms with Crippen LogP contribution in [0, 0.1) is 17.8 Å². The Morgan fingerprint density at radius 3 is 2.53 bits per heavy atom. The lowest BCUT2D eigenvalue weighted by Crippen LogP contribution is -2.35. The van der Waals surface area contributed by atoms with Crippen LogP contribution in [-0.4, -0.2) is 48.0 Å². The molecule has 2 rings (SSSR count). The largest absolute Gasteiger partial charge is 0.429 e. The normalized spacial score (nSPS) is 31.9. The van der Waals surface area contributed by atoms with Gasteiger partial charge in [0.25, 0.3) is 12.4 Å². The highest BCUT2D eigenvalue weighted by Gasteiger charge is 2.27. The van der Waals surface area contributed by atoms with Crippen LogP contribution >= 0.6 is 0 Å². The lowest BCUT2D eigenvalue weighted by molar-refractivity contribution is -0.120. The molecule has 1 aromatic carbocycles. The van der Waals surface area contributed by atoms with Crippen LogP contribution in [0.15, 0.2) is 41.5 Å². The molecule has 1 aliphatic heterocycles. The first kappa shape index (κ1) is 29.7. The molecule has 36 heavy (non-hydrogen) atoms. The van der Waals surface area contributed by atoms with Gasteiger partial charge in [0.15, 0.2) is 0 Å². The second-order valence-electron chi connectivity index (χ2n) is 10.2. The molecule has 0 radical (unpaired) electrons. The minimum Gasteiger partial charge on any atom is -0.429 e. The SMILES string of the molecule is CC/C1=C\C(C)C(O)C(OC)CC(C)Cc2cc(cc(OC=O)c2)NC(=O)/C(C)=C/CCC(C)C1O. The highest BCUT2D eigenvalue weighted by atomic mass is 16.5. The molecule has 1 heterocycles. The molecule has 2 bridgehead atoms. The maximum absolute atomic E-state index is 12.8. The molecule has 0 aromatic heterocycles. The number of hydrogen-bond donors (Lipinski definition) is 3. The Labute approximate surface area is 215 Å². The molecule has 0 aliphatic carbocycles. The van der Waals surface area contributed by atoms with E-state index in [1.165, 1.54) is 0 Å². The van der Waals surface area contributed by atoms with E-state index in [9.17, 15) is 19.8 Å². The van der Waals surface area contributed by atoms with E-state index in [0.29, 0.717) is 55.6 Å². The number of hydrogen-bond acceptors (Lipinski definition) is 6. The number of carbonyl (C=O) groups excluding carboxylic acids is 2. The average Bonchev–Trinajstić information content (AvgIpc) is 2.84. The number of aliphatic hydroxyl groups excluding tert-OH is 2. The Morgan fingerprint density at radius 2 is 1.89 bits per heavy atom. The molecule has 6 unspecified atom stereocenters. The minimum atomic E-state index is -0.728. The second kappa shape index (κ2) is 14.3. The molecule has 7 heteroatoms. The zero-order valence-electron chi connectivity index (χ0n) is 22.5. The van der Waals surface area contributed by atoms with E-state index in [0.717, 1.165) is 11.1 Å². The van der Waals surface area contributed by atoms with Crippen LogP contribution in [-0.2, 0) is 20.7 Å². The summed E-state index contributed by atoms with van der Waals surface area (Å²) in [7, 11) is 1.60. The Bertz CT molecular complexity index is 940. The van der Waals surface area contributed by atoms with Crippen LogP contribution in [0.5, 0.6) is 5.75 Å². The third-order valence-corrected chi connectivity index (χ3v) is 7.08. The minimum absolute atomic E-state index is 0.00675. The number of ether oxygens (including phenoxy) is 2. The van der Waals surface area contributed by atoms with E-state index in [-0.39, 0.29) is 29.8 Å². The zero-order valence-corrected chi connectivity index (χ0v) is 22.5. The van der Waals surface area contributed by atoms with E-state index in [2.05, 4.69) is 12.2 Å². The third-order valence-electron chi connectivity index (χ3n) is 7.08. The molecule has 0 saturated heterocycles. The molecule has 0 spiro atoms. The number of rotatable bonds is 4. The van der Waals surface area contributed by atoms with Gasteiger partial charge in [-0.05, 0) is 74.1 Å². The number of anilines is 1. The lowest BCUT2D eigenvalue weighted by Gasteiger charge is -2.29. The van der Waals surface area contributed by atoms with Crippen molar-refractivity contribution in [2.24, 2.45) is 17.8 Å². The topological polar surface area (TPSA) is 105 Å². The Hall–Kier alpha value is -2.48. The molecule has 6 atom stereocenters. The molecule has 1 amide bonds. The van der Waals surface area contributed by atoms with Gasteiger partial charge in [-0.15, -0.1) is 0 Å².